The van der Waals surface area contributed by atoms with Crippen LogP contribution in [-0.4, -0.2) is 80.3 Å². The lowest BCUT2D eigenvalue weighted by molar-refractivity contribution is -0.137. The molecule has 5 rings (SSSR count). The van der Waals surface area contributed by atoms with E-state index in [2.05, 4.69) is 21.5 Å². The molecule has 1 unspecified atom stereocenters. The SMILES string of the molecule is C#CC[C@H](NC(=O)C(CC(=O)N(C)CCn1cnc2ccccc21)Cc1ccccc1)C(=O)N[C@@H](CC1CCCCC1)[C@@H](O)[C@@H](O)C1CC1. The monoisotopic (exact) mass is 669 g/mol. The number of imidazole rings is 1. The van der Waals surface area contributed by atoms with Crippen molar-refractivity contribution in [3.8, 4) is 12.3 Å². The zero-order valence-corrected chi connectivity index (χ0v) is 28.5. The van der Waals surface area contributed by atoms with Crippen molar-refractivity contribution in [3.63, 3.8) is 0 Å². The molecule has 2 aliphatic carbocycles. The summed E-state index contributed by atoms with van der Waals surface area (Å²) in [5.74, 6) is 1.01. The Kier molecular flexibility index (Phi) is 12.9. The van der Waals surface area contributed by atoms with Gasteiger partial charge in [-0.3, -0.25) is 14.4 Å². The molecule has 49 heavy (non-hydrogen) atoms. The van der Waals surface area contributed by atoms with E-state index in [-0.39, 0.29) is 24.7 Å². The van der Waals surface area contributed by atoms with Crippen molar-refractivity contribution in [1.82, 2.24) is 25.1 Å². The summed E-state index contributed by atoms with van der Waals surface area (Å²) in [5.41, 5.74) is 2.76. The van der Waals surface area contributed by atoms with Crippen molar-refractivity contribution in [1.29, 1.82) is 0 Å². The number of likely N-dealkylation sites (N-methyl/N-ethyl adjacent to an activating group) is 1. The summed E-state index contributed by atoms with van der Waals surface area (Å²) < 4.78 is 2.00. The number of aliphatic hydroxyl groups excluding tert-OH is 2. The minimum atomic E-state index is -1.11. The second kappa shape index (κ2) is 17.5. The van der Waals surface area contributed by atoms with Crippen LogP contribution in [0.4, 0.5) is 0 Å². The molecule has 4 N–H and O–H groups in total. The maximum atomic E-state index is 13.9. The first-order valence-corrected chi connectivity index (χ1v) is 17.8. The van der Waals surface area contributed by atoms with Gasteiger partial charge in [0.1, 0.15) is 12.1 Å². The molecule has 1 aromatic heterocycles. The topological polar surface area (TPSA) is 137 Å². The highest BCUT2D eigenvalue weighted by atomic mass is 16.3. The molecule has 1 heterocycles. The van der Waals surface area contributed by atoms with Crippen LogP contribution in [0, 0.1) is 30.1 Å². The van der Waals surface area contributed by atoms with E-state index in [0.29, 0.717) is 31.8 Å². The van der Waals surface area contributed by atoms with E-state index in [0.717, 1.165) is 55.1 Å². The van der Waals surface area contributed by atoms with Gasteiger partial charge in [-0.1, -0.05) is 74.6 Å². The number of aromatic nitrogens is 2. The Morgan fingerprint density at radius 3 is 2.41 bits per heavy atom. The summed E-state index contributed by atoms with van der Waals surface area (Å²) in [6.45, 7) is 0.977. The minimum Gasteiger partial charge on any atom is -0.390 e. The van der Waals surface area contributed by atoms with E-state index >= 15 is 0 Å². The molecule has 262 valence electrons. The number of carbonyl (C=O) groups is 3. The van der Waals surface area contributed by atoms with E-state index in [1.165, 1.54) is 6.42 Å². The highest BCUT2D eigenvalue weighted by molar-refractivity contribution is 5.91. The summed E-state index contributed by atoms with van der Waals surface area (Å²) in [7, 11) is 1.72. The number of carbonyl (C=O) groups excluding carboxylic acids is 3. The summed E-state index contributed by atoms with van der Waals surface area (Å²) >= 11 is 0. The maximum Gasteiger partial charge on any atom is 0.243 e. The molecule has 5 atom stereocenters. The van der Waals surface area contributed by atoms with Gasteiger partial charge in [0.05, 0.1) is 35.4 Å². The minimum absolute atomic E-state index is 0.0377. The average Bonchev–Trinajstić information content (AvgIpc) is 3.89. The standard InChI is InChI=1S/C39H51N5O5/c1-3-12-32(39(49)42-33(24-28-15-8-5-9-16-28)37(47)36(46)29-19-20-29)41-38(48)30(23-27-13-6-4-7-14-27)25-35(45)43(2)21-22-44-26-40-31-17-10-11-18-34(31)44/h1,4,6-7,10-11,13-14,17-18,26,28-30,32-33,36-37,46-47H,5,8-9,12,15-16,19-25H2,2H3,(H,41,48)(H,42,49)/t30?,32-,33-,36-,37+/m0/s1. The molecule has 10 nitrogen and oxygen atoms in total. The predicted molar refractivity (Wildman–Crippen MR) is 189 cm³/mol. The maximum absolute atomic E-state index is 13.9. The van der Waals surface area contributed by atoms with Crippen LogP contribution in [0.15, 0.2) is 60.9 Å². The van der Waals surface area contributed by atoms with E-state index in [1.54, 1.807) is 18.3 Å². The molecule has 2 saturated carbocycles. The number of fused-ring (bicyclic) bond motifs is 1. The van der Waals surface area contributed by atoms with Crippen LogP contribution in [0.1, 0.15) is 69.8 Å². The largest absolute Gasteiger partial charge is 0.390 e. The highest BCUT2D eigenvalue weighted by Gasteiger charge is 2.40. The number of nitrogens with zero attached hydrogens (tertiary/aromatic N) is 3. The second-order valence-corrected chi connectivity index (χ2v) is 14.0. The van der Waals surface area contributed by atoms with Crippen molar-refractivity contribution in [2.75, 3.05) is 13.6 Å². The first kappa shape index (κ1) is 36.1. The van der Waals surface area contributed by atoms with Gasteiger partial charge in [-0.25, -0.2) is 4.98 Å². The predicted octanol–water partition coefficient (Wildman–Crippen LogP) is 3.84. The molecule has 2 fully saturated rings. The van der Waals surface area contributed by atoms with Gasteiger partial charge in [0.25, 0.3) is 0 Å². The van der Waals surface area contributed by atoms with Crippen LogP contribution in [0.2, 0.25) is 0 Å². The number of terminal acetylenes is 1. The lowest BCUT2D eigenvalue weighted by Gasteiger charge is -2.33. The van der Waals surface area contributed by atoms with Gasteiger partial charge in [-0.15, -0.1) is 12.3 Å². The second-order valence-electron chi connectivity index (χ2n) is 14.0. The number of para-hydroxylation sites is 2. The van der Waals surface area contributed by atoms with Gasteiger partial charge >= 0.3 is 0 Å². The molecular weight excluding hydrogens is 618 g/mol. The van der Waals surface area contributed by atoms with Crippen molar-refractivity contribution in [2.24, 2.45) is 17.8 Å². The average molecular weight is 670 g/mol. The van der Waals surface area contributed by atoms with Crippen molar-refractivity contribution in [3.05, 3.63) is 66.5 Å². The number of benzene rings is 2. The Bertz CT molecular complexity index is 1580. The van der Waals surface area contributed by atoms with Crippen molar-refractivity contribution >= 4 is 28.8 Å². The normalized spacial score (nSPS) is 18.1. The highest BCUT2D eigenvalue weighted by Crippen LogP contribution is 2.36. The smallest absolute Gasteiger partial charge is 0.243 e. The van der Waals surface area contributed by atoms with Crippen LogP contribution < -0.4 is 10.6 Å². The molecule has 0 aliphatic heterocycles. The zero-order chi connectivity index (χ0) is 34.8. The van der Waals surface area contributed by atoms with Gasteiger partial charge in [0, 0.05) is 33.0 Å². The Morgan fingerprint density at radius 2 is 1.69 bits per heavy atom. The molecule has 0 saturated heterocycles. The van der Waals surface area contributed by atoms with Gasteiger partial charge in [0.15, 0.2) is 0 Å². The Balaban J connectivity index is 1.25. The molecule has 3 amide bonds. The third-order valence-electron chi connectivity index (χ3n) is 10.2. The molecule has 0 radical (unpaired) electrons. The fraction of sp³-hybridized carbons (Fsp3) is 0.538. The number of aliphatic hydroxyl groups is 2. The van der Waals surface area contributed by atoms with E-state index in [4.69, 9.17) is 6.42 Å². The summed E-state index contributed by atoms with van der Waals surface area (Å²) in [4.78, 5) is 47.2. The number of nitrogens with one attached hydrogen (secondary N) is 2. The van der Waals surface area contributed by atoms with Crippen LogP contribution in [-0.2, 0) is 27.3 Å². The molecule has 2 aliphatic rings. The number of hydrogen-bond acceptors (Lipinski definition) is 6. The van der Waals surface area contributed by atoms with E-state index in [1.807, 2.05) is 59.2 Å². The van der Waals surface area contributed by atoms with Gasteiger partial charge in [0.2, 0.25) is 17.7 Å². The molecule has 0 spiro atoms. The Labute approximate surface area is 289 Å². The number of rotatable bonds is 17. The zero-order valence-electron chi connectivity index (χ0n) is 28.5. The Hall–Kier alpha value is -4.20. The molecule has 2 aromatic carbocycles. The van der Waals surface area contributed by atoms with Crippen molar-refractivity contribution < 1.29 is 24.6 Å². The fourth-order valence-electron chi connectivity index (χ4n) is 7.01. The number of hydrogen-bond donors (Lipinski definition) is 4. The third-order valence-corrected chi connectivity index (χ3v) is 10.2. The van der Waals surface area contributed by atoms with Crippen molar-refractivity contribution in [2.45, 2.75) is 101 Å². The lowest BCUT2D eigenvalue weighted by atomic mass is 9.82. The van der Waals surface area contributed by atoms with Crippen LogP contribution >= 0.6 is 0 Å². The Morgan fingerprint density at radius 1 is 0.980 bits per heavy atom. The van der Waals surface area contributed by atoms with Crippen LogP contribution in [0.3, 0.4) is 0 Å². The third kappa shape index (κ3) is 10.2. The number of amides is 3. The van der Waals surface area contributed by atoms with E-state index < -0.39 is 42.0 Å². The van der Waals surface area contributed by atoms with Gasteiger partial charge in [-0.2, -0.15) is 0 Å². The first-order valence-electron chi connectivity index (χ1n) is 17.8. The van der Waals surface area contributed by atoms with Crippen LogP contribution in [0.25, 0.3) is 11.0 Å². The molecule has 10 heteroatoms. The van der Waals surface area contributed by atoms with Gasteiger partial charge in [-0.05, 0) is 55.2 Å². The molecule has 0 bridgehead atoms. The first-order chi connectivity index (χ1) is 23.7. The summed E-state index contributed by atoms with van der Waals surface area (Å²) in [6.07, 6.45) is 13.3. The summed E-state index contributed by atoms with van der Waals surface area (Å²) in [5, 5.41) is 27.8. The quantitative estimate of drug-likeness (QED) is 0.161. The molecular formula is C39H51N5O5. The van der Waals surface area contributed by atoms with E-state index in [9.17, 15) is 24.6 Å². The lowest BCUT2D eigenvalue weighted by Crippen LogP contribution is -2.56. The fourth-order valence-corrected chi connectivity index (χ4v) is 7.01. The molecule has 3 aromatic rings. The van der Waals surface area contributed by atoms with Gasteiger partial charge < -0.3 is 30.3 Å². The van der Waals surface area contributed by atoms with Crippen LogP contribution in [0.5, 0.6) is 0 Å². The summed E-state index contributed by atoms with van der Waals surface area (Å²) in [6, 6.07) is 15.6.